The normalized spacial score (nSPS) is 11.3. The van der Waals surface area contributed by atoms with Gasteiger partial charge in [-0.15, -0.1) is 0 Å². The average Bonchev–Trinajstić information content (AvgIpc) is 2.68. The summed E-state index contributed by atoms with van der Waals surface area (Å²) in [6, 6.07) is 2.06. The summed E-state index contributed by atoms with van der Waals surface area (Å²) in [4.78, 5) is 0. The van der Waals surface area contributed by atoms with Crippen LogP contribution in [0, 0.1) is 17.5 Å². The first kappa shape index (κ1) is 12.8. The minimum Gasteiger partial charge on any atom is -0.222 e. The summed E-state index contributed by atoms with van der Waals surface area (Å²) in [5.74, 6) is -4.58. The zero-order valence-corrected chi connectivity index (χ0v) is 9.23. The van der Waals surface area contributed by atoms with Crippen molar-refractivity contribution in [2.45, 2.75) is 6.43 Å². The molecule has 0 radical (unpaired) electrons. The molecule has 1 aromatic heterocycles. The Labute approximate surface area is 103 Å². The minimum absolute atomic E-state index is 0.268. The molecule has 1 aromatic carbocycles. The van der Waals surface area contributed by atoms with E-state index in [4.69, 9.17) is 11.6 Å². The second kappa shape index (κ2) is 4.56. The molecule has 1 heterocycles. The van der Waals surface area contributed by atoms with E-state index in [9.17, 15) is 22.0 Å². The van der Waals surface area contributed by atoms with Crippen LogP contribution in [0.5, 0.6) is 0 Å². The lowest BCUT2D eigenvalue weighted by Gasteiger charge is -2.04. The van der Waals surface area contributed by atoms with Gasteiger partial charge in [0.25, 0.3) is 6.43 Å². The molecule has 96 valence electrons. The third-order valence-corrected chi connectivity index (χ3v) is 2.39. The van der Waals surface area contributed by atoms with E-state index in [1.807, 2.05) is 0 Å². The van der Waals surface area contributed by atoms with Crippen LogP contribution in [0.25, 0.3) is 5.69 Å². The summed E-state index contributed by atoms with van der Waals surface area (Å²) in [5.41, 5.74) is -0.937. The fourth-order valence-corrected chi connectivity index (χ4v) is 1.57. The van der Waals surface area contributed by atoms with Gasteiger partial charge in [-0.2, -0.15) is 5.10 Å². The number of nitrogens with zero attached hydrogens (tertiary/aromatic N) is 2. The SMILES string of the molecule is Fc1cc(-n2nc(C(F)F)cc2Cl)cc(F)c1F. The van der Waals surface area contributed by atoms with Crippen LogP contribution in [-0.4, -0.2) is 9.78 Å². The Hall–Kier alpha value is -1.63. The topological polar surface area (TPSA) is 17.8 Å². The van der Waals surface area contributed by atoms with E-state index < -0.39 is 29.6 Å². The van der Waals surface area contributed by atoms with Crippen molar-refractivity contribution in [2.24, 2.45) is 0 Å². The van der Waals surface area contributed by atoms with Gasteiger partial charge >= 0.3 is 0 Å². The smallest absolute Gasteiger partial charge is 0.222 e. The highest BCUT2D eigenvalue weighted by Gasteiger charge is 2.18. The lowest BCUT2D eigenvalue weighted by molar-refractivity contribution is 0.145. The zero-order chi connectivity index (χ0) is 13.4. The Morgan fingerprint density at radius 3 is 2.06 bits per heavy atom. The molecule has 0 bridgehead atoms. The number of alkyl halides is 2. The van der Waals surface area contributed by atoms with Gasteiger partial charge in [-0.3, -0.25) is 0 Å². The van der Waals surface area contributed by atoms with E-state index in [0.29, 0.717) is 16.8 Å². The highest BCUT2D eigenvalue weighted by atomic mass is 35.5. The van der Waals surface area contributed by atoms with Crippen molar-refractivity contribution >= 4 is 11.6 Å². The molecule has 0 unspecified atom stereocenters. The first-order chi connectivity index (χ1) is 8.40. The molecule has 0 aliphatic carbocycles. The predicted octanol–water partition coefficient (Wildman–Crippen LogP) is 3.88. The largest absolute Gasteiger partial charge is 0.282 e. The molecule has 0 aliphatic heterocycles. The quantitative estimate of drug-likeness (QED) is 0.604. The molecule has 2 aromatic rings. The standard InChI is InChI=1S/C10H4ClF5N2/c11-8-3-7(10(15)16)17-18(8)4-1-5(12)9(14)6(13)2-4/h1-3,10H. The minimum atomic E-state index is -2.88. The molecule has 0 aliphatic rings. The van der Waals surface area contributed by atoms with Crippen molar-refractivity contribution in [3.05, 3.63) is 46.5 Å². The number of halogens is 6. The highest BCUT2D eigenvalue weighted by molar-refractivity contribution is 6.29. The van der Waals surface area contributed by atoms with Gasteiger partial charge < -0.3 is 0 Å². The Bertz CT molecular complexity index is 573. The molecular weight excluding hydrogens is 279 g/mol. The van der Waals surface area contributed by atoms with E-state index >= 15 is 0 Å². The van der Waals surface area contributed by atoms with E-state index in [1.54, 1.807) is 0 Å². The second-order valence-corrected chi connectivity index (χ2v) is 3.72. The molecule has 2 rings (SSSR count). The molecule has 0 saturated carbocycles. The van der Waals surface area contributed by atoms with Crippen LogP contribution in [0.15, 0.2) is 18.2 Å². The number of hydrogen-bond donors (Lipinski definition) is 0. The van der Waals surface area contributed by atoms with E-state index in [-0.39, 0.29) is 10.8 Å². The van der Waals surface area contributed by atoms with Crippen LogP contribution in [0.2, 0.25) is 5.15 Å². The Morgan fingerprint density at radius 1 is 1.06 bits per heavy atom. The van der Waals surface area contributed by atoms with Gasteiger partial charge in [-0.1, -0.05) is 11.6 Å². The summed E-state index contributed by atoms with van der Waals surface area (Å²) in [6.07, 6.45) is -2.88. The number of aromatic nitrogens is 2. The summed E-state index contributed by atoms with van der Waals surface area (Å²) < 4.78 is 64.1. The van der Waals surface area contributed by atoms with Gasteiger partial charge in [-0.05, 0) is 0 Å². The predicted molar refractivity (Wildman–Crippen MR) is 53.4 cm³/mol. The van der Waals surface area contributed by atoms with Crippen LogP contribution in [-0.2, 0) is 0 Å². The summed E-state index contributed by atoms with van der Waals surface area (Å²) >= 11 is 5.60. The highest BCUT2D eigenvalue weighted by Crippen LogP contribution is 2.25. The number of benzene rings is 1. The van der Waals surface area contributed by atoms with Gasteiger partial charge in [-0.25, -0.2) is 26.6 Å². The molecule has 0 amide bonds. The van der Waals surface area contributed by atoms with Crippen molar-refractivity contribution in [1.29, 1.82) is 0 Å². The molecular formula is C10H4ClF5N2. The third kappa shape index (κ3) is 2.17. The second-order valence-electron chi connectivity index (χ2n) is 3.33. The lowest BCUT2D eigenvalue weighted by Crippen LogP contribution is -2.01. The maximum absolute atomic E-state index is 13.0. The van der Waals surface area contributed by atoms with Crippen molar-refractivity contribution < 1.29 is 22.0 Å². The van der Waals surface area contributed by atoms with Crippen LogP contribution < -0.4 is 0 Å². The Balaban J connectivity index is 2.55. The molecule has 0 atom stereocenters. The molecule has 0 spiro atoms. The van der Waals surface area contributed by atoms with Gasteiger partial charge in [0.15, 0.2) is 17.5 Å². The van der Waals surface area contributed by atoms with Gasteiger partial charge in [0.1, 0.15) is 10.8 Å². The fourth-order valence-electron chi connectivity index (χ4n) is 1.33. The van der Waals surface area contributed by atoms with Crippen molar-refractivity contribution in [1.82, 2.24) is 9.78 Å². The third-order valence-electron chi connectivity index (χ3n) is 2.12. The summed E-state index contributed by atoms with van der Waals surface area (Å²) in [7, 11) is 0. The first-order valence-electron chi connectivity index (χ1n) is 4.58. The number of rotatable bonds is 2. The first-order valence-corrected chi connectivity index (χ1v) is 4.96. The van der Waals surface area contributed by atoms with Gasteiger partial charge in [0.05, 0.1) is 5.69 Å². The van der Waals surface area contributed by atoms with E-state index in [2.05, 4.69) is 5.10 Å². The van der Waals surface area contributed by atoms with Crippen LogP contribution in [0.4, 0.5) is 22.0 Å². The fraction of sp³-hybridized carbons (Fsp3) is 0.100. The summed E-state index contributed by atoms with van der Waals surface area (Å²) in [5, 5.41) is 3.10. The molecule has 18 heavy (non-hydrogen) atoms. The maximum atomic E-state index is 13.0. The zero-order valence-electron chi connectivity index (χ0n) is 8.47. The maximum Gasteiger partial charge on any atom is 0.282 e. The lowest BCUT2D eigenvalue weighted by atomic mass is 10.3. The number of hydrogen-bond acceptors (Lipinski definition) is 1. The van der Waals surface area contributed by atoms with Crippen molar-refractivity contribution in [3.8, 4) is 5.69 Å². The average molecular weight is 283 g/mol. The van der Waals surface area contributed by atoms with E-state index in [1.165, 1.54) is 0 Å². The van der Waals surface area contributed by atoms with Gasteiger partial charge in [0.2, 0.25) is 0 Å². The molecule has 2 nitrogen and oxygen atoms in total. The Morgan fingerprint density at radius 2 is 1.61 bits per heavy atom. The molecule has 0 saturated heterocycles. The molecule has 0 fully saturated rings. The van der Waals surface area contributed by atoms with Crippen molar-refractivity contribution in [2.75, 3.05) is 0 Å². The van der Waals surface area contributed by atoms with E-state index in [0.717, 1.165) is 6.07 Å². The monoisotopic (exact) mass is 282 g/mol. The molecule has 0 N–H and O–H groups in total. The summed E-state index contributed by atoms with van der Waals surface area (Å²) in [6.45, 7) is 0. The van der Waals surface area contributed by atoms with Crippen LogP contribution in [0.3, 0.4) is 0 Å². The van der Waals surface area contributed by atoms with Crippen LogP contribution >= 0.6 is 11.6 Å². The van der Waals surface area contributed by atoms with Crippen molar-refractivity contribution in [3.63, 3.8) is 0 Å². The molecule has 8 heteroatoms. The van der Waals surface area contributed by atoms with Crippen LogP contribution in [0.1, 0.15) is 12.1 Å². The van der Waals surface area contributed by atoms with Gasteiger partial charge in [0, 0.05) is 18.2 Å². The Kier molecular flexibility index (Phi) is 3.25.